The van der Waals surface area contributed by atoms with Crippen LogP contribution in [-0.4, -0.2) is 0 Å². The highest BCUT2D eigenvalue weighted by Gasteiger charge is 2.11. The van der Waals surface area contributed by atoms with Crippen molar-refractivity contribution in [1.29, 1.82) is 0 Å². The second kappa shape index (κ2) is 3.99. The van der Waals surface area contributed by atoms with Gasteiger partial charge in [0.2, 0.25) is 0 Å². The molecule has 2 heteroatoms. The van der Waals surface area contributed by atoms with Gasteiger partial charge in [0.15, 0.2) is 0 Å². The Bertz CT molecular complexity index is 306. The molecule has 1 aliphatic heterocycles. The zero-order chi connectivity index (χ0) is 9.84. The summed E-state index contributed by atoms with van der Waals surface area (Å²) in [4.78, 5) is 0. The van der Waals surface area contributed by atoms with Gasteiger partial charge in [0.05, 0.1) is 11.4 Å². The lowest BCUT2D eigenvalue weighted by molar-refractivity contribution is 0.799. The number of hydrogen-bond donors (Lipinski definition) is 2. The second-order valence-corrected chi connectivity index (χ2v) is 3.02. The fourth-order valence-corrected chi connectivity index (χ4v) is 1.20. The first kappa shape index (κ1) is 9.65. The topological polar surface area (TPSA) is 24.1 Å². The Labute approximate surface area is 79.7 Å². The molecule has 1 heterocycles. The second-order valence-electron chi connectivity index (χ2n) is 3.02. The quantitative estimate of drug-likeness (QED) is 0.641. The number of nitrogens with one attached hydrogen (secondary N) is 2. The first-order chi connectivity index (χ1) is 6.19. The summed E-state index contributed by atoms with van der Waals surface area (Å²) in [5.41, 5.74) is 4.48. The van der Waals surface area contributed by atoms with E-state index in [9.17, 15) is 0 Å². The van der Waals surface area contributed by atoms with Crippen LogP contribution in [-0.2, 0) is 0 Å². The molecule has 0 atom stereocenters. The van der Waals surface area contributed by atoms with Gasteiger partial charge < -0.3 is 10.6 Å². The number of hydrogen-bond acceptors (Lipinski definition) is 2. The van der Waals surface area contributed by atoms with Crippen LogP contribution in [0.1, 0.15) is 20.8 Å². The van der Waals surface area contributed by atoms with Crippen LogP contribution in [0.5, 0.6) is 0 Å². The molecule has 0 fully saturated rings. The van der Waals surface area contributed by atoms with Crippen LogP contribution < -0.4 is 10.6 Å². The third kappa shape index (κ3) is 2.02. The van der Waals surface area contributed by atoms with E-state index in [4.69, 9.17) is 0 Å². The van der Waals surface area contributed by atoms with Gasteiger partial charge in [-0.15, -0.1) is 0 Å². The van der Waals surface area contributed by atoms with Crippen LogP contribution in [0.25, 0.3) is 0 Å². The minimum atomic E-state index is 1.07. The molecule has 0 spiro atoms. The van der Waals surface area contributed by atoms with Crippen molar-refractivity contribution in [2.45, 2.75) is 20.8 Å². The largest absolute Gasteiger partial charge is 0.356 e. The maximum absolute atomic E-state index is 3.68. The third-order valence-corrected chi connectivity index (χ3v) is 2.07. The molecule has 0 radical (unpaired) electrons. The van der Waals surface area contributed by atoms with E-state index >= 15 is 0 Å². The highest BCUT2D eigenvalue weighted by molar-refractivity contribution is 5.39. The molecular formula is C11H16N2. The van der Waals surface area contributed by atoms with Gasteiger partial charge in [-0.1, -0.05) is 18.7 Å². The minimum absolute atomic E-state index is 1.07. The smallest absolute Gasteiger partial charge is 0.0617 e. The molecule has 1 aliphatic rings. The number of rotatable bonds is 1. The number of allylic oxidation sites excluding steroid dienone is 5. The molecule has 0 saturated heterocycles. The summed E-state index contributed by atoms with van der Waals surface area (Å²) in [6, 6.07) is 0. The molecule has 0 saturated carbocycles. The van der Waals surface area contributed by atoms with Crippen molar-refractivity contribution < 1.29 is 0 Å². The monoisotopic (exact) mass is 176 g/mol. The van der Waals surface area contributed by atoms with E-state index < -0.39 is 0 Å². The molecule has 0 aromatic rings. The van der Waals surface area contributed by atoms with Crippen molar-refractivity contribution in [2.75, 3.05) is 0 Å². The van der Waals surface area contributed by atoms with Gasteiger partial charge in [-0.25, -0.2) is 0 Å². The lowest BCUT2D eigenvalue weighted by atomic mass is 10.2. The fourth-order valence-electron chi connectivity index (χ4n) is 1.20. The summed E-state index contributed by atoms with van der Waals surface area (Å²) in [7, 11) is 0. The molecule has 0 aromatic carbocycles. The van der Waals surface area contributed by atoms with E-state index in [0.717, 1.165) is 22.8 Å². The standard InChI is InChI=1S/C11H16N2/c1-5-7-11-10(6-2)12-8(3)9(4)13-11/h5-7,12-13H,1H2,2-4H3/b10-6+,11-7+. The highest BCUT2D eigenvalue weighted by atomic mass is 15.1. The first-order valence-corrected chi connectivity index (χ1v) is 4.40. The molecule has 70 valence electrons. The van der Waals surface area contributed by atoms with E-state index in [-0.39, 0.29) is 0 Å². The Morgan fingerprint density at radius 1 is 1.08 bits per heavy atom. The van der Waals surface area contributed by atoms with E-state index in [1.54, 1.807) is 6.08 Å². The molecule has 0 amide bonds. The summed E-state index contributed by atoms with van der Waals surface area (Å²) in [5, 5.41) is 6.62. The normalized spacial score (nSPS) is 23.0. The van der Waals surface area contributed by atoms with Crippen LogP contribution in [0.15, 0.2) is 47.6 Å². The Morgan fingerprint density at radius 2 is 1.62 bits per heavy atom. The van der Waals surface area contributed by atoms with E-state index in [1.807, 2.05) is 26.0 Å². The fraction of sp³-hybridized carbons (Fsp3) is 0.273. The van der Waals surface area contributed by atoms with Crippen molar-refractivity contribution in [2.24, 2.45) is 0 Å². The van der Waals surface area contributed by atoms with Crippen LogP contribution in [0.4, 0.5) is 0 Å². The molecule has 1 rings (SSSR count). The summed E-state index contributed by atoms with van der Waals surface area (Å²) >= 11 is 0. The minimum Gasteiger partial charge on any atom is -0.356 e. The molecule has 0 aromatic heterocycles. The molecule has 0 unspecified atom stereocenters. The lowest BCUT2D eigenvalue weighted by Gasteiger charge is -2.24. The van der Waals surface area contributed by atoms with Gasteiger partial charge in [-0.3, -0.25) is 0 Å². The maximum Gasteiger partial charge on any atom is 0.0617 e. The van der Waals surface area contributed by atoms with E-state index in [1.165, 1.54) is 0 Å². The summed E-state index contributed by atoms with van der Waals surface area (Å²) < 4.78 is 0. The van der Waals surface area contributed by atoms with Crippen molar-refractivity contribution >= 4 is 0 Å². The molecule has 2 N–H and O–H groups in total. The molecule has 0 aliphatic carbocycles. The zero-order valence-electron chi connectivity index (χ0n) is 8.44. The lowest BCUT2D eigenvalue weighted by Crippen LogP contribution is -2.29. The summed E-state index contributed by atoms with van der Waals surface area (Å²) in [5.74, 6) is 0. The zero-order valence-corrected chi connectivity index (χ0v) is 8.44. The first-order valence-electron chi connectivity index (χ1n) is 4.40. The summed E-state index contributed by atoms with van der Waals surface area (Å²) in [6.07, 6.45) is 5.78. The van der Waals surface area contributed by atoms with E-state index in [0.29, 0.717) is 0 Å². The van der Waals surface area contributed by atoms with Gasteiger partial charge in [-0.05, 0) is 26.8 Å². The molecule has 13 heavy (non-hydrogen) atoms. The Balaban J connectivity index is 3.02. The van der Waals surface area contributed by atoms with Crippen molar-refractivity contribution in [1.82, 2.24) is 10.6 Å². The SMILES string of the molecule is C=C/C=C1/NC(C)=C(C)N/C1=C/C. The highest BCUT2D eigenvalue weighted by Crippen LogP contribution is 2.15. The summed E-state index contributed by atoms with van der Waals surface area (Å²) in [6.45, 7) is 9.79. The van der Waals surface area contributed by atoms with Gasteiger partial charge in [0.25, 0.3) is 0 Å². The van der Waals surface area contributed by atoms with Crippen molar-refractivity contribution in [3.05, 3.63) is 47.6 Å². The molecular weight excluding hydrogens is 160 g/mol. The van der Waals surface area contributed by atoms with Crippen molar-refractivity contribution in [3.8, 4) is 0 Å². The van der Waals surface area contributed by atoms with Crippen LogP contribution in [0, 0.1) is 0 Å². The molecule has 2 nitrogen and oxygen atoms in total. The van der Waals surface area contributed by atoms with Crippen molar-refractivity contribution in [3.63, 3.8) is 0 Å². The van der Waals surface area contributed by atoms with Gasteiger partial charge in [0, 0.05) is 11.4 Å². The third-order valence-electron chi connectivity index (χ3n) is 2.07. The average molecular weight is 176 g/mol. The van der Waals surface area contributed by atoms with Gasteiger partial charge >= 0.3 is 0 Å². The molecule has 0 bridgehead atoms. The predicted molar refractivity (Wildman–Crippen MR) is 56.7 cm³/mol. The van der Waals surface area contributed by atoms with Gasteiger partial charge in [-0.2, -0.15) is 0 Å². The van der Waals surface area contributed by atoms with Crippen LogP contribution in [0.2, 0.25) is 0 Å². The predicted octanol–water partition coefficient (Wildman–Crippen LogP) is 2.40. The average Bonchev–Trinajstić information content (AvgIpc) is 2.11. The van der Waals surface area contributed by atoms with Crippen LogP contribution in [0.3, 0.4) is 0 Å². The van der Waals surface area contributed by atoms with Crippen LogP contribution >= 0.6 is 0 Å². The Kier molecular flexibility index (Phi) is 2.96. The maximum atomic E-state index is 3.68. The Morgan fingerprint density at radius 3 is 2.08 bits per heavy atom. The Hall–Kier alpha value is -1.44. The van der Waals surface area contributed by atoms with E-state index in [2.05, 4.69) is 24.1 Å². The van der Waals surface area contributed by atoms with Gasteiger partial charge in [0.1, 0.15) is 0 Å².